The Balaban J connectivity index is 0.000000280. The normalized spacial score (nSPS) is 10.9. The van der Waals surface area contributed by atoms with Crippen LogP contribution in [0, 0.1) is 18.4 Å². The van der Waals surface area contributed by atoms with Crippen molar-refractivity contribution in [3.8, 4) is 56.3 Å². The van der Waals surface area contributed by atoms with Crippen molar-refractivity contribution in [2.75, 3.05) is 0 Å². The van der Waals surface area contributed by atoms with Gasteiger partial charge in [-0.05, 0) is 77.8 Å². The minimum absolute atomic E-state index is 0. The summed E-state index contributed by atoms with van der Waals surface area (Å²) in [6.45, 7) is 2.18. The summed E-state index contributed by atoms with van der Waals surface area (Å²) in [5.74, 6) is 0.894. The van der Waals surface area contributed by atoms with Crippen molar-refractivity contribution < 1.29 is 20.1 Å². The van der Waals surface area contributed by atoms with Gasteiger partial charge in [-0.15, -0.1) is 41.3 Å². The zero-order valence-corrected chi connectivity index (χ0v) is 33.1. The van der Waals surface area contributed by atoms with E-state index in [1.165, 1.54) is 32.5 Å². The molecule has 0 unspecified atom stereocenters. The van der Waals surface area contributed by atoms with Crippen LogP contribution < -0.4 is 0 Å². The maximum Gasteiger partial charge on any atom is 0.0774 e. The number of aryl methyl sites for hydroxylation is 1. The predicted molar refractivity (Wildman–Crippen MR) is 224 cm³/mol. The van der Waals surface area contributed by atoms with E-state index >= 15 is 0 Å². The van der Waals surface area contributed by atoms with E-state index in [1.807, 2.05) is 42.5 Å². The molecule has 267 valence electrons. The molecule has 0 N–H and O–H groups in total. The Kier molecular flexibility index (Phi) is 10.5. The summed E-state index contributed by atoms with van der Waals surface area (Å²) in [4.78, 5) is 9.52. The fourth-order valence-corrected chi connectivity index (χ4v) is 7.81. The molecule has 0 aliphatic heterocycles. The minimum Gasteiger partial charge on any atom is -0.332 e. The molecule has 55 heavy (non-hydrogen) atoms. The number of aromatic nitrogens is 4. The first-order valence-electron chi connectivity index (χ1n) is 17.9. The number of para-hydroxylation sites is 2. The third-order valence-corrected chi connectivity index (χ3v) is 10.4. The van der Waals surface area contributed by atoms with Gasteiger partial charge in [-0.25, -0.2) is 0 Å². The first kappa shape index (κ1) is 35.8. The third kappa shape index (κ3) is 7.24. The van der Waals surface area contributed by atoms with Crippen molar-refractivity contribution in [3.05, 3.63) is 205 Å². The van der Waals surface area contributed by atoms with Gasteiger partial charge in [0, 0.05) is 55.5 Å². The van der Waals surface area contributed by atoms with Gasteiger partial charge in [0.2, 0.25) is 0 Å². The van der Waals surface area contributed by atoms with E-state index in [0.717, 1.165) is 50.4 Å². The van der Waals surface area contributed by atoms with Crippen LogP contribution in [0.3, 0.4) is 0 Å². The van der Waals surface area contributed by atoms with Crippen LogP contribution in [0.1, 0.15) is 5.56 Å². The van der Waals surface area contributed by atoms with Crippen LogP contribution in [0.4, 0.5) is 0 Å². The zero-order valence-electron chi connectivity index (χ0n) is 29.9. The Hall–Kier alpha value is -6.17. The Labute approximate surface area is 338 Å². The number of fused-ring (bicyclic) bond motifs is 2. The van der Waals surface area contributed by atoms with Crippen molar-refractivity contribution in [1.82, 2.24) is 19.1 Å². The second-order valence-corrected chi connectivity index (χ2v) is 13.9. The molecule has 6 aromatic carbocycles. The fourth-order valence-electron chi connectivity index (χ4n) is 6.99. The minimum atomic E-state index is 0. The summed E-state index contributed by atoms with van der Waals surface area (Å²) in [5.41, 5.74) is 13.2. The second kappa shape index (κ2) is 16.1. The molecule has 0 amide bonds. The number of thiophene rings is 1. The van der Waals surface area contributed by atoms with Gasteiger partial charge >= 0.3 is 0 Å². The van der Waals surface area contributed by atoms with Crippen LogP contribution in [-0.2, 0) is 20.1 Å². The molecule has 10 aromatic rings. The number of hydrogen-bond acceptors (Lipinski definition) is 3. The number of hydrogen-bond donors (Lipinski definition) is 0. The van der Waals surface area contributed by atoms with Gasteiger partial charge in [-0.3, -0.25) is 16.3 Å². The smallest absolute Gasteiger partial charge is 0.0774 e. The second-order valence-electron chi connectivity index (χ2n) is 13.0. The summed E-state index contributed by atoms with van der Waals surface area (Å²) in [6.07, 6.45) is 5.95. The van der Waals surface area contributed by atoms with Gasteiger partial charge in [-0.1, -0.05) is 113 Å². The third-order valence-electron chi connectivity index (χ3n) is 9.48. The molecule has 0 aliphatic carbocycles. The Morgan fingerprint density at radius 1 is 0.636 bits per heavy atom. The van der Waals surface area contributed by atoms with Crippen LogP contribution in [-0.4, -0.2) is 19.1 Å². The van der Waals surface area contributed by atoms with Crippen molar-refractivity contribution in [2.24, 2.45) is 0 Å². The summed E-state index contributed by atoms with van der Waals surface area (Å²) >= 11 is 1.64. The first-order chi connectivity index (χ1) is 26.7. The largest absolute Gasteiger partial charge is 0.332 e. The molecule has 0 saturated carbocycles. The van der Waals surface area contributed by atoms with E-state index in [4.69, 9.17) is 4.98 Å². The molecule has 1 radical (unpaired) electrons. The quantitative estimate of drug-likeness (QED) is 0.156. The number of pyridine rings is 1. The van der Waals surface area contributed by atoms with E-state index in [9.17, 15) is 0 Å². The van der Waals surface area contributed by atoms with E-state index in [-0.39, 0.29) is 20.1 Å². The SMILES string of the molecule is Cc1cc(-c2ccccc2)c(-n2c(-c3[c-]sc4ccc(-n5cccc5)cc34)nc3ccccc32)c(-c2ccccc2)c1.[Ir].[c-]1ccccc1-c1ccccn1. The van der Waals surface area contributed by atoms with Crippen LogP contribution >= 0.6 is 11.3 Å². The average Bonchev–Trinajstić information content (AvgIpc) is 4.02. The first-order valence-corrected chi connectivity index (χ1v) is 18.7. The fraction of sp³-hybridized carbons (Fsp3) is 0.0204. The molecule has 0 bridgehead atoms. The summed E-state index contributed by atoms with van der Waals surface area (Å²) in [5, 5.41) is 4.80. The van der Waals surface area contributed by atoms with Gasteiger partial charge in [0.15, 0.2) is 0 Å². The van der Waals surface area contributed by atoms with Crippen molar-refractivity contribution in [1.29, 1.82) is 0 Å². The summed E-state index contributed by atoms with van der Waals surface area (Å²) in [7, 11) is 0. The Bertz CT molecular complexity index is 2710. The van der Waals surface area contributed by atoms with Crippen molar-refractivity contribution >= 4 is 32.5 Å². The van der Waals surface area contributed by atoms with E-state index in [2.05, 4.69) is 172 Å². The standard InChI is InChI=1S/C38H26N3S.C11H8N.Ir/c1-26-22-30(27-12-4-2-5-13-27)37(31(23-26)28-14-6-3-7-15-28)41-35-17-9-8-16-34(35)39-38(41)33-25-42-36-19-18-29(24-32(33)36)40-20-10-11-21-40;1-2-6-10(7-3-1)11-8-4-5-9-12-11;/h2-24H,1H3;1-6,8-9H;/q2*-1;. The van der Waals surface area contributed by atoms with E-state index in [1.54, 1.807) is 17.5 Å². The molecule has 0 atom stereocenters. The molecule has 4 aromatic heterocycles. The Morgan fingerprint density at radius 2 is 1.31 bits per heavy atom. The Morgan fingerprint density at radius 3 is 1.98 bits per heavy atom. The molecule has 0 spiro atoms. The molecular formula is C49H34IrN4S-2. The predicted octanol–water partition coefficient (Wildman–Crippen LogP) is 12.7. The van der Waals surface area contributed by atoms with Crippen molar-refractivity contribution in [2.45, 2.75) is 6.92 Å². The van der Waals surface area contributed by atoms with Crippen LogP contribution in [0.15, 0.2) is 188 Å². The van der Waals surface area contributed by atoms with Gasteiger partial charge in [0.1, 0.15) is 0 Å². The van der Waals surface area contributed by atoms with Crippen molar-refractivity contribution in [3.63, 3.8) is 0 Å². The number of imidazole rings is 1. The van der Waals surface area contributed by atoms with Crippen LogP contribution in [0.2, 0.25) is 0 Å². The molecule has 4 nitrogen and oxygen atoms in total. The average molecular weight is 903 g/mol. The number of nitrogens with zero attached hydrogens (tertiary/aromatic N) is 4. The molecule has 0 aliphatic rings. The topological polar surface area (TPSA) is 35.6 Å². The molecular weight excluding hydrogens is 869 g/mol. The molecule has 6 heteroatoms. The summed E-state index contributed by atoms with van der Waals surface area (Å²) in [6, 6.07) is 62.0. The number of benzene rings is 6. The maximum atomic E-state index is 5.30. The van der Waals surface area contributed by atoms with Gasteiger partial charge in [-0.2, -0.15) is 0 Å². The maximum absolute atomic E-state index is 5.30. The molecule has 4 heterocycles. The van der Waals surface area contributed by atoms with Crippen LogP contribution in [0.5, 0.6) is 0 Å². The van der Waals surface area contributed by atoms with E-state index in [0.29, 0.717) is 0 Å². The molecule has 0 saturated heterocycles. The van der Waals surface area contributed by atoms with E-state index < -0.39 is 0 Å². The molecule has 0 fully saturated rings. The molecule has 10 rings (SSSR count). The summed E-state index contributed by atoms with van der Waals surface area (Å²) < 4.78 is 5.69. The number of rotatable bonds is 6. The monoisotopic (exact) mass is 903 g/mol. The zero-order chi connectivity index (χ0) is 36.3. The van der Waals surface area contributed by atoms with Gasteiger partial charge in [0.05, 0.1) is 22.5 Å². The van der Waals surface area contributed by atoms with Gasteiger partial charge in [0.25, 0.3) is 0 Å². The van der Waals surface area contributed by atoms with Gasteiger partial charge < -0.3 is 14.1 Å². The van der Waals surface area contributed by atoms with Crippen LogP contribution in [0.25, 0.3) is 77.4 Å².